The second-order valence-electron chi connectivity index (χ2n) is 9.80. The van der Waals surface area contributed by atoms with Crippen molar-refractivity contribution in [2.45, 2.75) is 46.4 Å². The van der Waals surface area contributed by atoms with Crippen molar-refractivity contribution in [3.05, 3.63) is 108 Å². The van der Waals surface area contributed by atoms with Gasteiger partial charge in [0.25, 0.3) is 5.82 Å². The molecule has 5 aromatic rings. The molecule has 0 radical (unpaired) electrons. The van der Waals surface area contributed by atoms with Gasteiger partial charge in [0, 0.05) is 13.9 Å². The van der Waals surface area contributed by atoms with Gasteiger partial charge in [-0.1, -0.05) is 94.4 Å². The fourth-order valence-electron chi connectivity index (χ4n) is 5.11. The number of nitrogens with zero attached hydrogens (tertiary/aromatic N) is 2. The Morgan fingerprint density at radius 2 is 1.34 bits per heavy atom. The molecule has 0 amide bonds. The lowest BCUT2D eigenvalue weighted by Crippen LogP contribution is -2.36. The maximum atomic E-state index is 9.06. The van der Waals surface area contributed by atoms with E-state index in [1.165, 1.54) is 11.1 Å². The van der Waals surface area contributed by atoms with E-state index in [0.717, 1.165) is 44.8 Å². The van der Waals surface area contributed by atoms with E-state index in [1.807, 2.05) is 52.0 Å². The SMILES string of the molecule is [2H]C(C)(C)c1cccc(C([2H])(C)C)c1-[n+]1c(-c2ccccc2C)n(C)c2cc(-c3ccccc3)ccc21. The fraction of sp³-hybridized carbons (Fsp3) is 0.242. The summed E-state index contributed by atoms with van der Waals surface area (Å²) in [6.07, 6.45) is 0. The van der Waals surface area contributed by atoms with E-state index in [4.69, 9.17) is 2.74 Å². The number of rotatable bonds is 5. The van der Waals surface area contributed by atoms with Gasteiger partial charge < -0.3 is 0 Å². The molecule has 2 nitrogen and oxygen atoms in total. The van der Waals surface area contributed by atoms with Gasteiger partial charge in [0.05, 0.1) is 12.6 Å². The number of para-hydroxylation sites is 1. The van der Waals surface area contributed by atoms with Crippen LogP contribution in [0.5, 0.6) is 0 Å². The molecular formula is C33H35N2+. The topological polar surface area (TPSA) is 8.81 Å². The van der Waals surface area contributed by atoms with Gasteiger partial charge in [-0.15, -0.1) is 0 Å². The summed E-state index contributed by atoms with van der Waals surface area (Å²) in [4.78, 5) is 0. The highest BCUT2D eigenvalue weighted by atomic mass is 15.2. The number of hydrogen-bond acceptors (Lipinski definition) is 0. The van der Waals surface area contributed by atoms with E-state index < -0.39 is 11.8 Å². The molecule has 0 saturated carbocycles. The van der Waals surface area contributed by atoms with E-state index in [9.17, 15) is 0 Å². The van der Waals surface area contributed by atoms with Crippen molar-refractivity contribution < 1.29 is 7.31 Å². The minimum Gasteiger partial charge on any atom is -0.225 e. The molecule has 1 aromatic heterocycles. The molecule has 4 aromatic carbocycles. The van der Waals surface area contributed by atoms with Crippen LogP contribution in [0.25, 0.3) is 39.2 Å². The highest BCUT2D eigenvalue weighted by Gasteiger charge is 2.31. The van der Waals surface area contributed by atoms with Crippen LogP contribution in [0.15, 0.2) is 91.0 Å². The predicted octanol–water partition coefficient (Wildman–Crippen LogP) is 8.34. The van der Waals surface area contributed by atoms with Crippen LogP contribution >= 0.6 is 0 Å². The van der Waals surface area contributed by atoms with Crippen molar-refractivity contribution in [3.63, 3.8) is 0 Å². The Hall–Kier alpha value is -3.65. The molecule has 0 bridgehead atoms. The molecular weight excluding hydrogens is 424 g/mol. The average Bonchev–Trinajstić information content (AvgIpc) is 3.14. The van der Waals surface area contributed by atoms with E-state index in [-0.39, 0.29) is 0 Å². The van der Waals surface area contributed by atoms with Crippen LogP contribution in [-0.4, -0.2) is 4.57 Å². The number of fused-ring (bicyclic) bond motifs is 1. The molecule has 0 unspecified atom stereocenters. The third-order valence-electron chi connectivity index (χ3n) is 6.94. The third kappa shape index (κ3) is 3.97. The predicted molar refractivity (Wildman–Crippen MR) is 148 cm³/mol. The van der Waals surface area contributed by atoms with E-state index in [0.29, 0.717) is 0 Å². The monoisotopic (exact) mass is 461 g/mol. The van der Waals surface area contributed by atoms with Crippen LogP contribution in [-0.2, 0) is 7.05 Å². The summed E-state index contributed by atoms with van der Waals surface area (Å²) in [5, 5.41) is 0. The first-order valence-corrected chi connectivity index (χ1v) is 12.3. The Morgan fingerprint density at radius 3 is 1.97 bits per heavy atom. The quantitative estimate of drug-likeness (QED) is 0.233. The van der Waals surface area contributed by atoms with Crippen LogP contribution in [0.4, 0.5) is 0 Å². The minimum atomic E-state index is -0.848. The third-order valence-corrected chi connectivity index (χ3v) is 6.94. The average molecular weight is 462 g/mol. The Bertz CT molecular complexity index is 1570. The highest BCUT2D eigenvalue weighted by Crippen LogP contribution is 2.34. The molecule has 0 fully saturated rings. The Labute approximate surface area is 212 Å². The molecule has 176 valence electrons. The summed E-state index contributed by atoms with van der Waals surface area (Å²) in [6.45, 7) is 9.86. The minimum absolute atomic E-state index is 0.848. The van der Waals surface area contributed by atoms with Crippen molar-refractivity contribution in [1.82, 2.24) is 4.57 Å². The normalized spacial score (nSPS) is 13.1. The van der Waals surface area contributed by atoms with Crippen molar-refractivity contribution in [1.29, 1.82) is 0 Å². The lowest BCUT2D eigenvalue weighted by Gasteiger charge is -2.18. The summed E-state index contributed by atoms with van der Waals surface area (Å²) >= 11 is 0. The summed E-state index contributed by atoms with van der Waals surface area (Å²) in [7, 11) is 2.12. The number of aryl methyl sites for hydroxylation is 2. The summed E-state index contributed by atoms with van der Waals surface area (Å²) in [5.74, 6) is -0.655. The maximum Gasteiger partial charge on any atom is 0.295 e. The van der Waals surface area contributed by atoms with Gasteiger partial charge in [0.15, 0.2) is 11.0 Å². The maximum absolute atomic E-state index is 9.06. The second kappa shape index (κ2) is 9.19. The molecule has 0 spiro atoms. The first-order chi connectivity index (χ1) is 17.5. The molecule has 1 heterocycles. The summed E-state index contributed by atoms with van der Waals surface area (Å²) in [5.41, 5.74) is 9.55. The van der Waals surface area contributed by atoms with Gasteiger partial charge in [-0.05, 0) is 59.7 Å². The van der Waals surface area contributed by atoms with Gasteiger partial charge >= 0.3 is 0 Å². The standard InChI is InChI=1S/C33H35N2/c1-22(2)27-17-12-18-28(23(3)4)32(27)35-30-20-19-26(25-14-8-7-9-15-25)21-31(30)34(6)33(35)29-16-11-10-13-24(29)5/h7-23H,1-6H3/q+1/i22D,23D. The Morgan fingerprint density at radius 1 is 0.714 bits per heavy atom. The lowest BCUT2D eigenvalue weighted by atomic mass is 9.92. The fourth-order valence-corrected chi connectivity index (χ4v) is 5.11. The van der Waals surface area contributed by atoms with E-state index in [1.54, 1.807) is 0 Å². The van der Waals surface area contributed by atoms with Crippen molar-refractivity contribution in [2.75, 3.05) is 0 Å². The molecule has 5 rings (SSSR count). The molecule has 0 aliphatic carbocycles. The molecule has 35 heavy (non-hydrogen) atoms. The van der Waals surface area contributed by atoms with Crippen LogP contribution in [0, 0.1) is 6.92 Å². The number of aromatic nitrogens is 2. The zero-order chi connectivity index (χ0) is 26.5. The zero-order valence-electron chi connectivity index (χ0n) is 23.6. The molecule has 0 N–H and O–H groups in total. The lowest BCUT2D eigenvalue weighted by molar-refractivity contribution is -0.557. The van der Waals surface area contributed by atoms with Gasteiger partial charge in [-0.2, -0.15) is 4.57 Å². The number of benzene rings is 4. The first kappa shape index (κ1) is 20.7. The van der Waals surface area contributed by atoms with Gasteiger partial charge in [0.1, 0.15) is 5.69 Å². The van der Waals surface area contributed by atoms with Gasteiger partial charge in [0.2, 0.25) is 0 Å². The van der Waals surface area contributed by atoms with Crippen LogP contribution in [0.3, 0.4) is 0 Å². The van der Waals surface area contributed by atoms with Gasteiger partial charge in [-0.25, -0.2) is 4.57 Å². The summed E-state index contributed by atoms with van der Waals surface area (Å²) in [6, 6.07) is 31.6. The summed E-state index contributed by atoms with van der Waals surface area (Å²) < 4.78 is 22.7. The van der Waals surface area contributed by atoms with E-state index >= 15 is 0 Å². The second-order valence-corrected chi connectivity index (χ2v) is 9.80. The van der Waals surface area contributed by atoms with E-state index in [2.05, 4.69) is 89.8 Å². The van der Waals surface area contributed by atoms with Crippen molar-refractivity contribution >= 4 is 11.0 Å². The molecule has 0 atom stereocenters. The van der Waals surface area contributed by atoms with Crippen molar-refractivity contribution in [3.8, 4) is 28.2 Å². The van der Waals surface area contributed by atoms with Gasteiger partial charge in [-0.3, -0.25) is 0 Å². The molecule has 0 aliphatic rings. The van der Waals surface area contributed by atoms with Crippen molar-refractivity contribution in [2.24, 2.45) is 7.05 Å². The van der Waals surface area contributed by atoms with Crippen LogP contribution in [0.1, 0.15) is 58.9 Å². The molecule has 0 saturated heterocycles. The zero-order valence-corrected chi connectivity index (χ0v) is 21.6. The molecule has 0 aliphatic heterocycles. The first-order valence-electron chi connectivity index (χ1n) is 13.3. The largest absolute Gasteiger partial charge is 0.295 e. The highest BCUT2D eigenvalue weighted by molar-refractivity contribution is 5.83. The van der Waals surface area contributed by atoms with Crippen LogP contribution in [0.2, 0.25) is 0 Å². The smallest absolute Gasteiger partial charge is 0.225 e. The number of imidazole rings is 1. The molecule has 2 heteroatoms. The Kier molecular flexibility index (Phi) is 5.43. The van der Waals surface area contributed by atoms with Crippen LogP contribution < -0.4 is 4.57 Å². The number of hydrogen-bond donors (Lipinski definition) is 0. The Balaban J connectivity index is 1.97.